The maximum absolute atomic E-state index is 11.5. The normalized spacial score (nSPS) is 18.0. The summed E-state index contributed by atoms with van der Waals surface area (Å²) in [6.07, 6.45) is 4.70. The Morgan fingerprint density at radius 3 is 2.58 bits per heavy atom. The molecule has 0 saturated heterocycles. The third kappa shape index (κ3) is 2.30. The Balaban J connectivity index is 2.60. The summed E-state index contributed by atoms with van der Waals surface area (Å²) >= 11 is 0. The number of primary amides is 1. The molecule has 0 heterocycles. The van der Waals surface area contributed by atoms with E-state index in [1.807, 2.05) is 0 Å². The molecular weight excluding hydrogens is 244 g/mol. The number of nitrogens with two attached hydrogens (primary N) is 1. The lowest BCUT2D eigenvalue weighted by Gasteiger charge is -2.20. The summed E-state index contributed by atoms with van der Waals surface area (Å²) in [5, 5.41) is 16.9. The van der Waals surface area contributed by atoms with Gasteiger partial charge in [-0.2, -0.15) is 0 Å². The number of carboxylic acid groups (broad SMARTS) is 1. The Labute approximate surface area is 109 Å². The van der Waals surface area contributed by atoms with Crippen molar-refractivity contribution >= 4 is 23.2 Å². The van der Waals surface area contributed by atoms with Gasteiger partial charge in [-0.1, -0.05) is 30.4 Å². The third-order valence-electron chi connectivity index (χ3n) is 2.93. The summed E-state index contributed by atoms with van der Waals surface area (Å²) in [6, 6.07) is 6.36. The second kappa shape index (κ2) is 4.89. The zero-order chi connectivity index (χ0) is 14.0. The van der Waals surface area contributed by atoms with Crippen LogP contribution in [0.15, 0.2) is 42.5 Å². The number of allylic oxidation sites excluding steroid dienone is 3. The minimum Gasteiger partial charge on any atom is -0.478 e. The number of carbonyl (C=O) groups is 2. The van der Waals surface area contributed by atoms with E-state index in [-0.39, 0.29) is 11.3 Å². The number of hydrogen-bond donors (Lipinski definition) is 3. The van der Waals surface area contributed by atoms with Crippen molar-refractivity contribution in [2.75, 3.05) is 0 Å². The number of amides is 1. The van der Waals surface area contributed by atoms with Crippen LogP contribution < -0.4 is 5.73 Å². The molecule has 5 heteroatoms. The summed E-state index contributed by atoms with van der Waals surface area (Å²) < 4.78 is 0. The molecule has 1 atom stereocenters. The fourth-order valence-electron chi connectivity index (χ4n) is 2.09. The number of carbonyl (C=O) groups excluding carboxylic acids is 1. The first kappa shape index (κ1) is 12.8. The van der Waals surface area contributed by atoms with E-state index in [1.54, 1.807) is 30.4 Å². The highest BCUT2D eigenvalue weighted by molar-refractivity contribution is 6.18. The molecule has 96 valence electrons. The molecule has 1 aromatic carbocycles. The average molecular weight is 256 g/mol. The van der Waals surface area contributed by atoms with Gasteiger partial charge in [0.2, 0.25) is 5.91 Å². The van der Waals surface area contributed by atoms with Crippen LogP contribution in [0.25, 0.3) is 5.57 Å². The van der Waals surface area contributed by atoms with E-state index in [0.29, 0.717) is 11.1 Å². The van der Waals surface area contributed by atoms with Crippen LogP contribution in [0.5, 0.6) is 0 Å². The average Bonchev–Trinajstić information content (AvgIpc) is 2.37. The lowest BCUT2D eigenvalue weighted by Crippen LogP contribution is -2.31. The molecule has 0 saturated carbocycles. The van der Waals surface area contributed by atoms with Crippen molar-refractivity contribution in [1.29, 1.82) is 5.41 Å². The molecule has 0 bridgehead atoms. The number of carboxylic acids is 1. The van der Waals surface area contributed by atoms with Crippen molar-refractivity contribution in [2.24, 2.45) is 11.7 Å². The monoisotopic (exact) mass is 256 g/mol. The Kier molecular flexibility index (Phi) is 3.29. The minimum absolute atomic E-state index is 0.0604. The van der Waals surface area contributed by atoms with Crippen LogP contribution in [0.4, 0.5) is 0 Å². The Morgan fingerprint density at radius 1 is 1.26 bits per heavy atom. The highest BCUT2D eigenvalue weighted by Gasteiger charge is 2.28. The van der Waals surface area contributed by atoms with Gasteiger partial charge in [-0.05, 0) is 23.3 Å². The van der Waals surface area contributed by atoms with E-state index < -0.39 is 17.8 Å². The van der Waals surface area contributed by atoms with E-state index in [0.717, 1.165) is 0 Å². The molecule has 1 aliphatic rings. The predicted octanol–water partition coefficient (Wildman–Crippen LogP) is 1.46. The molecule has 0 aliphatic heterocycles. The number of benzene rings is 1. The molecule has 19 heavy (non-hydrogen) atoms. The van der Waals surface area contributed by atoms with Crippen LogP contribution in [-0.4, -0.2) is 22.7 Å². The van der Waals surface area contributed by atoms with Gasteiger partial charge in [0.25, 0.3) is 0 Å². The molecule has 1 aliphatic carbocycles. The van der Waals surface area contributed by atoms with E-state index in [4.69, 9.17) is 11.1 Å². The van der Waals surface area contributed by atoms with Crippen LogP contribution in [0, 0.1) is 11.3 Å². The zero-order valence-electron chi connectivity index (χ0n) is 9.96. The summed E-state index contributed by atoms with van der Waals surface area (Å²) in [4.78, 5) is 22.7. The van der Waals surface area contributed by atoms with Crippen molar-refractivity contribution in [3.63, 3.8) is 0 Å². The van der Waals surface area contributed by atoms with Crippen LogP contribution in [0.2, 0.25) is 0 Å². The highest BCUT2D eigenvalue weighted by Crippen LogP contribution is 2.30. The third-order valence-corrected chi connectivity index (χ3v) is 2.93. The molecule has 2 rings (SSSR count). The maximum atomic E-state index is 11.5. The van der Waals surface area contributed by atoms with E-state index >= 15 is 0 Å². The van der Waals surface area contributed by atoms with Gasteiger partial charge in [0.1, 0.15) is 5.92 Å². The smallest absolute Gasteiger partial charge is 0.336 e. The highest BCUT2D eigenvalue weighted by atomic mass is 16.4. The summed E-state index contributed by atoms with van der Waals surface area (Å²) in [5.74, 6) is -2.66. The van der Waals surface area contributed by atoms with Crippen LogP contribution in [0.1, 0.15) is 15.9 Å². The van der Waals surface area contributed by atoms with Crippen molar-refractivity contribution in [3.05, 3.63) is 53.6 Å². The first-order valence-electron chi connectivity index (χ1n) is 5.61. The van der Waals surface area contributed by atoms with Crippen molar-refractivity contribution in [2.45, 2.75) is 0 Å². The molecule has 1 aromatic rings. The predicted molar refractivity (Wildman–Crippen MR) is 70.9 cm³/mol. The molecule has 4 N–H and O–H groups in total. The summed E-state index contributed by atoms with van der Waals surface area (Å²) in [5.41, 5.74) is 6.31. The van der Waals surface area contributed by atoms with E-state index in [2.05, 4.69) is 0 Å². The van der Waals surface area contributed by atoms with Crippen molar-refractivity contribution in [3.8, 4) is 0 Å². The molecule has 1 amide bonds. The standard InChI is InChI=1S/C14H12N2O3/c15-11-7-3-6-9(12(11)13(16)17)8-4-1-2-5-10(8)14(18)19/h1-7,12,15H,(H2,16,17)(H,18,19). The van der Waals surface area contributed by atoms with Crippen molar-refractivity contribution < 1.29 is 14.7 Å². The van der Waals surface area contributed by atoms with Crippen LogP contribution in [-0.2, 0) is 4.79 Å². The number of hydrogen-bond acceptors (Lipinski definition) is 3. The van der Waals surface area contributed by atoms with Gasteiger partial charge in [-0.3, -0.25) is 4.79 Å². The Bertz CT molecular complexity index is 629. The Hall–Kier alpha value is -2.69. The fraction of sp³-hybridized carbons (Fsp3) is 0.0714. The van der Waals surface area contributed by atoms with Gasteiger partial charge in [-0.15, -0.1) is 0 Å². The van der Waals surface area contributed by atoms with E-state index in [9.17, 15) is 14.7 Å². The lowest BCUT2D eigenvalue weighted by atomic mass is 9.83. The van der Waals surface area contributed by atoms with Crippen LogP contribution >= 0.6 is 0 Å². The van der Waals surface area contributed by atoms with Gasteiger partial charge in [-0.25, -0.2) is 4.79 Å². The molecule has 0 aromatic heterocycles. The summed E-state index contributed by atoms with van der Waals surface area (Å²) in [6.45, 7) is 0. The van der Waals surface area contributed by atoms with Crippen LogP contribution in [0.3, 0.4) is 0 Å². The molecule has 1 unspecified atom stereocenters. The molecule has 0 radical (unpaired) electrons. The molecule has 5 nitrogen and oxygen atoms in total. The fourth-order valence-corrected chi connectivity index (χ4v) is 2.09. The number of aromatic carboxylic acids is 1. The maximum Gasteiger partial charge on any atom is 0.336 e. The number of nitrogens with one attached hydrogen (secondary N) is 1. The second-order valence-corrected chi connectivity index (χ2v) is 4.12. The van der Waals surface area contributed by atoms with Gasteiger partial charge < -0.3 is 16.2 Å². The quantitative estimate of drug-likeness (QED) is 0.762. The van der Waals surface area contributed by atoms with Gasteiger partial charge in [0.15, 0.2) is 0 Å². The molecule has 0 spiro atoms. The SMILES string of the molecule is N=C1C=CC=C(c2ccccc2C(=O)O)C1C(N)=O. The van der Waals surface area contributed by atoms with Crippen molar-refractivity contribution in [1.82, 2.24) is 0 Å². The first-order chi connectivity index (χ1) is 9.02. The zero-order valence-corrected chi connectivity index (χ0v) is 9.96. The molecular formula is C14H12N2O3. The number of rotatable bonds is 3. The van der Waals surface area contributed by atoms with Gasteiger partial charge >= 0.3 is 5.97 Å². The van der Waals surface area contributed by atoms with Gasteiger partial charge in [0, 0.05) is 5.71 Å². The van der Waals surface area contributed by atoms with Gasteiger partial charge in [0.05, 0.1) is 5.56 Å². The lowest BCUT2D eigenvalue weighted by molar-refractivity contribution is -0.118. The molecule has 0 fully saturated rings. The second-order valence-electron chi connectivity index (χ2n) is 4.12. The van der Waals surface area contributed by atoms with E-state index in [1.165, 1.54) is 12.1 Å². The first-order valence-corrected chi connectivity index (χ1v) is 5.61. The summed E-state index contributed by atoms with van der Waals surface area (Å²) in [7, 11) is 0. The Morgan fingerprint density at radius 2 is 1.95 bits per heavy atom. The topological polar surface area (TPSA) is 104 Å². The minimum atomic E-state index is -1.08. The largest absolute Gasteiger partial charge is 0.478 e.